The molecule has 0 spiro atoms. The van der Waals surface area contributed by atoms with Crippen molar-refractivity contribution < 1.29 is 14.2 Å². The summed E-state index contributed by atoms with van der Waals surface area (Å²) in [4.78, 5) is 0. The molecule has 5 heteroatoms. The van der Waals surface area contributed by atoms with Crippen LogP contribution in [0.5, 0.6) is 17.2 Å². The second-order valence-corrected chi connectivity index (χ2v) is 8.39. The number of halogens is 1. The van der Waals surface area contributed by atoms with E-state index in [0.29, 0.717) is 29.9 Å². The lowest BCUT2D eigenvalue weighted by atomic mass is 9.81. The molecule has 2 aromatic carbocycles. The van der Waals surface area contributed by atoms with Crippen LogP contribution in [0, 0.1) is 5.92 Å². The third-order valence-electron chi connectivity index (χ3n) is 5.44. The number of rotatable bonds is 7. The summed E-state index contributed by atoms with van der Waals surface area (Å²) in [7, 11) is 3.39. The fraction of sp³-hybridized carbons (Fsp3) is 0.455. The highest BCUT2D eigenvalue weighted by molar-refractivity contribution is 14.1. The van der Waals surface area contributed by atoms with Crippen molar-refractivity contribution in [1.82, 2.24) is 3.11 Å². The quantitative estimate of drug-likeness (QED) is 0.389. The number of hydrogen-bond acceptors (Lipinski definition) is 4. The summed E-state index contributed by atoms with van der Waals surface area (Å²) in [6, 6.07) is 14.3. The number of nitrogens with zero attached hydrogens (tertiary/aromatic N) is 1. The molecule has 1 atom stereocenters. The predicted octanol–water partition coefficient (Wildman–Crippen LogP) is 5.45. The van der Waals surface area contributed by atoms with Gasteiger partial charge in [-0.25, -0.2) is 3.11 Å². The van der Waals surface area contributed by atoms with Gasteiger partial charge in [0.15, 0.2) is 11.5 Å². The van der Waals surface area contributed by atoms with Gasteiger partial charge in [0.25, 0.3) is 0 Å². The Morgan fingerprint density at radius 2 is 1.70 bits per heavy atom. The summed E-state index contributed by atoms with van der Waals surface area (Å²) < 4.78 is 19.9. The number of hydrogen-bond donors (Lipinski definition) is 0. The Morgan fingerprint density at radius 3 is 2.33 bits per heavy atom. The van der Waals surface area contributed by atoms with Gasteiger partial charge >= 0.3 is 0 Å². The lowest BCUT2D eigenvalue weighted by molar-refractivity contribution is 0.255. The molecule has 0 radical (unpaired) electrons. The summed E-state index contributed by atoms with van der Waals surface area (Å²) in [5, 5.41) is 0. The van der Waals surface area contributed by atoms with Crippen LogP contribution in [-0.2, 0) is 6.61 Å². The average Bonchev–Trinajstić information content (AvgIpc) is 2.72. The highest BCUT2D eigenvalue weighted by Crippen LogP contribution is 2.46. The fourth-order valence-corrected chi connectivity index (χ4v) is 4.34. The van der Waals surface area contributed by atoms with Crippen LogP contribution in [0.2, 0.25) is 0 Å². The molecule has 0 aliphatic carbocycles. The van der Waals surface area contributed by atoms with Gasteiger partial charge in [0.1, 0.15) is 6.61 Å². The van der Waals surface area contributed by atoms with E-state index < -0.39 is 0 Å². The molecule has 2 aromatic rings. The van der Waals surface area contributed by atoms with Crippen molar-refractivity contribution in [2.45, 2.75) is 32.3 Å². The van der Waals surface area contributed by atoms with Crippen molar-refractivity contribution >= 4 is 22.9 Å². The lowest BCUT2D eigenvalue weighted by Gasteiger charge is -2.32. The first kappa shape index (κ1) is 20.3. The van der Waals surface area contributed by atoms with Gasteiger partial charge in [0, 0.05) is 41.5 Å². The van der Waals surface area contributed by atoms with Gasteiger partial charge in [-0.1, -0.05) is 43.3 Å². The number of methoxy groups -OCH3 is 2. The van der Waals surface area contributed by atoms with Gasteiger partial charge in [-0.3, -0.25) is 0 Å². The van der Waals surface area contributed by atoms with Crippen molar-refractivity contribution in [1.29, 1.82) is 0 Å². The zero-order valence-electron chi connectivity index (χ0n) is 16.3. The van der Waals surface area contributed by atoms with Crippen LogP contribution in [0.1, 0.15) is 36.8 Å². The van der Waals surface area contributed by atoms with E-state index in [1.165, 1.54) is 18.4 Å². The summed E-state index contributed by atoms with van der Waals surface area (Å²) in [6.45, 7) is 5.08. The van der Waals surface area contributed by atoms with E-state index in [1.807, 2.05) is 24.3 Å². The molecule has 146 valence electrons. The third-order valence-corrected chi connectivity index (χ3v) is 6.40. The molecule has 27 heavy (non-hydrogen) atoms. The molecule has 0 saturated carbocycles. The minimum atomic E-state index is 0.412. The second kappa shape index (κ2) is 9.64. The summed E-state index contributed by atoms with van der Waals surface area (Å²) in [5.41, 5.74) is 2.32. The molecule has 1 aliphatic rings. The molecule has 1 aliphatic heterocycles. The summed E-state index contributed by atoms with van der Waals surface area (Å²) in [5.74, 6) is 3.27. The van der Waals surface area contributed by atoms with Gasteiger partial charge in [0.2, 0.25) is 5.75 Å². The third kappa shape index (κ3) is 4.88. The molecule has 0 N–H and O–H groups in total. The largest absolute Gasteiger partial charge is 0.493 e. The molecule has 4 nitrogen and oxygen atoms in total. The first-order chi connectivity index (χ1) is 13.1. The van der Waals surface area contributed by atoms with E-state index in [2.05, 4.69) is 51.1 Å². The standard InChI is InChI=1S/C22H28INO3/c1-16(18-11-13-24(23)14-12-18)19-9-10-20(25-2)22(21(19)26-3)27-15-17-7-5-4-6-8-17/h4-10,16,18H,11-15H2,1-3H3. The zero-order valence-corrected chi connectivity index (χ0v) is 18.4. The number of piperidine rings is 1. The topological polar surface area (TPSA) is 30.9 Å². The molecule has 3 rings (SSSR count). The maximum absolute atomic E-state index is 6.17. The molecule has 0 amide bonds. The Kier molecular flexibility index (Phi) is 7.24. The van der Waals surface area contributed by atoms with Gasteiger partial charge in [0.05, 0.1) is 14.2 Å². The van der Waals surface area contributed by atoms with Crippen molar-refractivity contribution in [3.8, 4) is 17.2 Å². The molecule has 0 bridgehead atoms. The normalized spacial score (nSPS) is 16.7. The summed E-state index contributed by atoms with van der Waals surface area (Å²) in [6.07, 6.45) is 2.42. The van der Waals surface area contributed by atoms with E-state index in [0.717, 1.165) is 24.4 Å². The van der Waals surface area contributed by atoms with Crippen molar-refractivity contribution in [2.24, 2.45) is 5.92 Å². The van der Waals surface area contributed by atoms with E-state index in [4.69, 9.17) is 14.2 Å². The zero-order chi connectivity index (χ0) is 19.2. The van der Waals surface area contributed by atoms with Gasteiger partial charge in [-0.15, -0.1) is 0 Å². The molecule has 1 fully saturated rings. The lowest BCUT2D eigenvalue weighted by Crippen LogP contribution is -2.28. The Hall–Kier alpha value is -1.47. The van der Waals surface area contributed by atoms with Crippen LogP contribution in [0.15, 0.2) is 42.5 Å². The van der Waals surface area contributed by atoms with Crippen LogP contribution < -0.4 is 14.2 Å². The minimum Gasteiger partial charge on any atom is -0.493 e. The van der Waals surface area contributed by atoms with Crippen LogP contribution in [0.4, 0.5) is 0 Å². The molecular weight excluding hydrogens is 453 g/mol. The number of benzene rings is 2. The molecule has 1 unspecified atom stereocenters. The smallest absolute Gasteiger partial charge is 0.204 e. The highest BCUT2D eigenvalue weighted by atomic mass is 127. The minimum absolute atomic E-state index is 0.412. The first-order valence-electron chi connectivity index (χ1n) is 9.46. The molecule has 1 heterocycles. The Balaban J connectivity index is 1.86. The second-order valence-electron chi connectivity index (χ2n) is 7.03. The molecule has 0 aromatic heterocycles. The van der Waals surface area contributed by atoms with E-state index in [1.54, 1.807) is 14.2 Å². The van der Waals surface area contributed by atoms with Crippen molar-refractivity contribution in [2.75, 3.05) is 27.3 Å². The molecule has 1 saturated heterocycles. The van der Waals surface area contributed by atoms with Crippen LogP contribution >= 0.6 is 22.9 Å². The van der Waals surface area contributed by atoms with E-state index in [9.17, 15) is 0 Å². The monoisotopic (exact) mass is 481 g/mol. The van der Waals surface area contributed by atoms with Crippen molar-refractivity contribution in [3.63, 3.8) is 0 Å². The van der Waals surface area contributed by atoms with Gasteiger partial charge in [-0.05, 0) is 36.3 Å². The highest BCUT2D eigenvalue weighted by Gasteiger charge is 2.28. The van der Waals surface area contributed by atoms with E-state index in [-0.39, 0.29) is 0 Å². The maximum atomic E-state index is 6.17. The maximum Gasteiger partial charge on any atom is 0.204 e. The Bertz CT molecular complexity index is 730. The van der Waals surface area contributed by atoms with E-state index >= 15 is 0 Å². The molecular formula is C22H28INO3. The SMILES string of the molecule is COc1ccc(C(C)C2CCN(I)CC2)c(OC)c1OCc1ccccc1. The van der Waals surface area contributed by atoms with Crippen LogP contribution in [0.3, 0.4) is 0 Å². The first-order valence-corrected chi connectivity index (χ1v) is 10.4. The van der Waals surface area contributed by atoms with Crippen LogP contribution in [0.25, 0.3) is 0 Å². The predicted molar refractivity (Wildman–Crippen MR) is 117 cm³/mol. The van der Waals surface area contributed by atoms with Gasteiger partial charge in [-0.2, -0.15) is 0 Å². The van der Waals surface area contributed by atoms with Crippen molar-refractivity contribution in [3.05, 3.63) is 53.6 Å². The van der Waals surface area contributed by atoms with Gasteiger partial charge < -0.3 is 14.2 Å². The fourth-order valence-electron chi connectivity index (χ4n) is 3.78. The van der Waals surface area contributed by atoms with Crippen LogP contribution in [-0.4, -0.2) is 30.4 Å². The summed E-state index contributed by atoms with van der Waals surface area (Å²) >= 11 is 2.42. The number of ether oxygens (including phenoxy) is 3. The average molecular weight is 481 g/mol. The Morgan fingerprint density at radius 1 is 1.00 bits per heavy atom. The Labute approximate surface area is 176 Å².